The Labute approximate surface area is 226 Å². The van der Waals surface area contributed by atoms with Crippen LogP contribution in [0.25, 0.3) is 0 Å². The maximum absolute atomic E-state index is 14.4. The van der Waals surface area contributed by atoms with Gasteiger partial charge >= 0.3 is 0 Å². The molecule has 0 unspecified atom stereocenters. The fraction of sp³-hybridized carbons (Fsp3) is 0.333. The summed E-state index contributed by atoms with van der Waals surface area (Å²) in [7, 11) is 0. The van der Waals surface area contributed by atoms with E-state index in [2.05, 4.69) is 35.0 Å². The van der Waals surface area contributed by atoms with Gasteiger partial charge in [0.15, 0.2) is 11.6 Å². The van der Waals surface area contributed by atoms with Gasteiger partial charge in [-0.05, 0) is 47.9 Å². The van der Waals surface area contributed by atoms with E-state index < -0.39 is 11.6 Å². The molecule has 1 amide bonds. The fourth-order valence-electron chi connectivity index (χ4n) is 5.11. The summed E-state index contributed by atoms with van der Waals surface area (Å²) >= 11 is 3.68. The minimum atomic E-state index is -1.13. The van der Waals surface area contributed by atoms with E-state index >= 15 is 0 Å². The Kier molecular flexibility index (Phi) is 7.63. The largest absolute Gasteiger partial charge is 0.494 e. The maximum atomic E-state index is 14.4. The molecule has 0 saturated heterocycles. The molecule has 0 aliphatic carbocycles. The van der Waals surface area contributed by atoms with Crippen molar-refractivity contribution >= 4 is 27.7 Å². The average molecular weight is 563 g/mol. The molecule has 2 aliphatic heterocycles. The van der Waals surface area contributed by atoms with E-state index in [1.54, 1.807) is 0 Å². The summed E-state index contributed by atoms with van der Waals surface area (Å²) in [5, 5.41) is 9.00. The van der Waals surface area contributed by atoms with Gasteiger partial charge in [0.1, 0.15) is 5.75 Å². The van der Waals surface area contributed by atoms with E-state index in [-0.39, 0.29) is 12.5 Å². The van der Waals surface area contributed by atoms with Crippen molar-refractivity contribution in [3.8, 4) is 5.75 Å². The monoisotopic (exact) mass is 562 g/mol. The molecule has 1 N–H and O–H groups in total. The molecular formula is C30H31BrN2O4. The molecule has 2 atom stereocenters. The third-order valence-corrected chi connectivity index (χ3v) is 7.68. The minimum Gasteiger partial charge on any atom is -0.494 e. The smallest absolute Gasteiger partial charge is 0.255 e. The lowest BCUT2D eigenvalue weighted by molar-refractivity contribution is -0.139. The van der Waals surface area contributed by atoms with Crippen LogP contribution in [0.3, 0.4) is 0 Å². The van der Waals surface area contributed by atoms with Gasteiger partial charge in [-0.25, -0.2) is 4.99 Å². The summed E-state index contributed by atoms with van der Waals surface area (Å²) in [6.45, 7) is 3.83. The standard InChI is InChI=1S/C30H31BrN2O4/c1-2-16-33-20-23-9-3-5-10-25(23)27-30(29(33)35,19-22-8-4-6-11-26(22)31)32-28(37-27)21-12-14-24(15-13-21)36-18-7-17-34/h3-6,8-15,27,34H,2,7,16-20H2,1H3/t27-,30-/m0/s1. The SMILES string of the molecule is CCCN1Cc2ccccc2[C@@H]2OC(c3ccc(OCCCO)cc3)=N[C@]2(Cc2ccccc2Br)C1=O. The number of benzene rings is 3. The van der Waals surface area contributed by atoms with Crippen molar-refractivity contribution in [3.05, 3.63) is 99.5 Å². The zero-order valence-electron chi connectivity index (χ0n) is 20.9. The first-order valence-electron chi connectivity index (χ1n) is 12.8. The van der Waals surface area contributed by atoms with E-state index in [4.69, 9.17) is 19.6 Å². The van der Waals surface area contributed by atoms with Crippen molar-refractivity contribution in [2.45, 2.75) is 44.4 Å². The molecule has 192 valence electrons. The van der Waals surface area contributed by atoms with E-state index in [1.165, 1.54) is 0 Å². The van der Waals surface area contributed by atoms with Crippen molar-refractivity contribution in [1.29, 1.82) is 0 Å². The van der Waals surface area contributed by atoms with Crippen LogP contribution in [0.1, 0.15) is 48.1 Å². The van der Waals surface area contributed by atoms with Crippen molar-refractivity contribution in [3.63, 3.8) is 0 Å². The number of halogens is 1. The van der Waals surface area contributed by atoms with Crippen molar-refractivity contribution in [2.75, 3.05) is 19.8 Å². The molecule has 7 heteroatoms. The summed E-state index contributed by atoms with van der Waals surface area (Å²) in [5.74, 6) is 1.16. The Morgan fingerprint density at radius 1 is 1.11 bits per heavy atom. The highest BCUT2D eigenvalue weighted by Gasteiger charge is 2.56. The highest BCUT2D eigenvalue weighted by Crippen LogP contribution is 2.47. The number of aliphatic imine (C=N–C) groups is 1. The molecule has 37 heavy (non-hydrogen) atoms. The first-order chi connectivity index (χ1) is 18.1. The Morgan fingerprint density at radius 2 is 1.86 bits per heavy atom. The Balaban J connectivity index is 1.60. The van der Waals surface area contributed by atoms with Gasteiger partial charge in [0.25, 0.3) is 5.91 Å². The van der Waals surface area contributed by atoms with Gasteiger partial charge in [0, 0.05) is 48.1 Å². The average Bonchev–Trinajstić information content (AvgIpc) is 3.27. The zero-order valence-corrected chi connectivity index (χ0v) is 22.5. The number of hydrogen-bond donors (Lipinski definition) is 1. The van der Waals surface area contributed by atoms with Gasteiger partial charge < -0.3 is 19.5 Å². The zero-order chi connectivity index (χ0) is 25.8. The number of carbonyl (C=O) groups is 1. The van der Waals surface area contributed by atoms with Gasteiger partial charge in [0.05, 0.1) is 6.61 Å². The van der Waals surface area contributed by atoms with Gasteiger partial charge in [-0.3, -0.25) is 4.79 Å². The number of aliphatic hydroxyl groups is 1. The quantitative estimate of drug-likeness (QED) is 0.351. The van der Waals surface area contributed by atoms with E-state index in [0.717, 1.165) is 33.1 Å². The molecule has 0 saturated carbocycles. The predicted molar refractivity (Wildman–Crippen MR) is 147 cm³/mol. The summed E-state index contributed by atoms with van der Waals surface area (Å²) in [4.78, 5) is 21.5. The van der Waals surface area contributed by atoms with Crippen molar-refractivity contribution in [2.24, 2.45) is 4.99 Å². The third-order valence-electron chi connectivity index (χ3n) is 6.90. The predicted octanol–water partition coefficient (Wildman–Crippen LogP) is 5.46. The Hall–Kier alpha value is -3.16. The second-order valence-corrected chi connectivity index (χ2v) is 10.3. The Bertz CT molecular complexity index is 1290. The number of fused-ring (bicyclic) bond motifs is 3. The minimum absolute atomic E-state index is 0.00902. The molecular weight excluding hydrogens is 532 g/mol. The number of nitrogens with zero attached hydrogens (tertiary/aromatic N) is 2. The fourth-order valence-corrected chi connectivity index (χ4v) is 5.54. The third kappa shape index (κ3) is 5.03. The molecule has 0 aromatic heterocycles. The molecule has 2 aliphatic rings. The molecule has 3 aromatic rings. The van der Waals surface area contributed by atoms with Crippen molar-refractivity contribution < 1.29 is 19.4 Å². The number of amides is 1. The lowest BCUT2D eigenvalue weighted by Gasteiger charge is -2.32. The lowest BCUT2D eigenvalue weighted by Crippen LogP contribution is -2.50. The lowest BCUT2D eigenvalue weighted by atomic mass is 9.81. The summed E-state index contributed by atoms with van der Waals surface area (Å²) < 4.78 is 13.3. The van der Waals surface area contributed by atoms with Crippen LogP contribution in [0.5, 0.6) is 5.75 Å². The normalized spacial score (nSPS) is 20.5. The molecule has 0 fully saturated rings. The summed E-state index contributed by atoms with van der Waals surface area (Å²) in [6.07, 6.45) is 1.31. The van der Waals surface area contributed by atoms with E-state index in [9.17, 15) is 4.79 Å². The number of carbonyl (C=O) groups excluding carboxylic acids is 1. The van der Waals surface area contributed by atoms with Crippen LogP contribution in [-0.4, -0.2) is 47.1 Å². The van der Waals surface area contributed by atoms with E-state index in [0.29, 0.717) is 44.2 Å². The highest BCUT2D eigenvalue weighted by molar-refractivity contribution is 9.10. The van der Waals surface area contributed by atoms with Crippen LogP contribution in [-0.2, 0) is 22.5 Å². The highest BCUT2D eigenvalue weighted by atomic mass is 79.9. The first-order valence-corrected chi connectivity index (χ1v) is 13.6. The molecule has 0 bridgehead atoms. The Morgan fingerprint density at radius 3 is 2.62 bits per heavy atom. The van der Waals surface area contributed by atoms with Gasteiger partial charge in [-0.1, -0.05) is 65.3 Å². The molecule has 6 nitrogen and oxygen atoms in total. The van der Waals surface area contributed by atoms with Gasteiger partial charge in [-0.2, -0.15) is 0 Å². The molecule has 5 rings (SSSR count). The molecule has 0 spiro atoms. The van der Waals surface area contributed by atoms with Crippen LogP contribution in [0.2, 0.25) is 0 Å². The topological polar surface area (TPSA) is 71.4 Å². The maximum Gasteiger partial charge on any atom is 0.255 e. The molecule has 2 heterocycles. The van der Waals surface area contributed by atoms with Crippen LogP contribution < -0.4 is 4.74 Å². The first kappa shape index (κ1) is 25.5. The number of aliphatic hydroxyl groups excluding tert-OH is 1. The van der Waals surface area contributed by atoms with Crippen molar-refractivity contribution in [1.82, 2.24) is 4.90 Å². The molecule has 3 aromatic carbocycles. The van der Waals surface area contributed by atoms with Gasteiger partial charge in [-0.15, -0.1) is 0 Å². The van der Waals surface area contributed by atoms with Crippen LogP contribution in [0.4, 0.5) is 0 Å². The second kappa shape index (κ2) is 11.1. The number of ether oxygens (including phenoxy) is 2. The second-order valence-electron chi connectivity index (χ2n) is 9.48. The summed E-state index contributed by atoms with van der Waals surface area (Å²) in [6, 6.07) is 23.7. The van der Waals surface area contributed by atoms with Crippen LogP contribution >= 0.6 is 15.9 Å². The van der Waals surface area contributed by atoms with Crippen LogP contribution in [0, 0.1) is 0 Å². The van der Waals surface area contributed by atoms with Crippen LogP contribution in [0.15, 0.2) is 82.3 Å². The van der Waals surface area contributed by atoms with Gasteiger partial charge in [0.2, 0.25) is 5.90 Å². The van der Waals surface area contributed by atoms with E-state index in [1.807, 2.05) is 65.6 Å². The number of hydrogen-bond acceptors (Lipinski definition) is 5. The number of rotatable bonds is 9. The molecule has 0 radical (unpaired) electrons. The summed E-state index contributed by atoms with van der Waals surface area (Å²) in [5.41, 5.74) is 2.77.